The number of hydrogen-bond donors (Lipinski definition) is 3. The summed E-state index contributed by atoms with van der Waals surface area (Å²) in [5.41, 5.74) is 5.82. The summed E-state index contributed by atoms with van der Waals surface area (Å²) in [6.45, 7) is 19.8. The third kappa shape index (κ3) is 6.35. The number of anilines is 1. The van der Waals surface area contributed by atoms with E-state index in [1.165, 1.54) is 16.7 Å². The van der Waals surface area contributed by atoms with E-state index in [9.17, 15) is 4.79 Å². The lowest BCUT2D eigenvalue weighted by molar-refractivity contribution is -0.119. The largest absolute Gasteiger partial charge is 0.324 e. The smallest absolute Gasteiger partial charge is 0.244 e. The van der Waals surface area contributed by atoms with Crippen molar-refractivity contribution in [2.75, 3.05) is 5.32 Å². The van der Waals surface area contributed by atoms with Gasteiger partial charge in [0.25, 0.3) is 0 Å². The highest BCUT2D eigenvalue weighted by Gasteiger charge is 2.44. The molecule has 220 valence electrons. The van der Waals surface area contributed by atoms with E-state index in [-0.39, 0.29) is 22.2 Å². The van der Waals surface area contributed by atoms with Crippen LogP contribution in [0, 0.1) is 0 Å². The van der Waals surface area contributed by atoms with Gasteiger partial charge in [0, 0.05) is 9.79 Å². The molecule has 0 aliphatic carbocycles. The quantitative estimate of drug-likeness (QED) is 0.156. The van der Waals surface area contributed by atoms with Crippen LogP contribution in [0.3, 0.4) is 0 Å². The summed E-state index contributed by atoms with van der Waals surface area (Å²) in [5.74, 6) is -0.146. The number of benzene rings is 4. The Morgan fingerprint density at radius 2 is 0.810 bits per heavy atom. The van der Waals surface area contributed by atoms with Crippen LogP contribution in [0.2, 0.25) is 0 Å². The number of thiol groups is 2. The fourth-order valence-corrected chi connectivity index (χ4v) is 5.81. The Hall–Kier alpha value is -2.95. The molecule has 4 aromatic carbocycles. The lowest BCUT2D eigenvalue weighted by Crippen LogP contribution is -2.43. The first kappa shape index (κ1) is 32.0. The van der Waals surface area contributed by atoms with Crippen LogP contribution in [0.5, 0.6) is 0 Å². The highest BCUT2D eigenvalue weighted by Crippen LogP contribution is 2.43. The van der Waals surface area contributed by atoms with Crippen molar-refractivity contribution in [1.82, 2.24) is 0 Å². The number of hydrogen-bond acceptors (Lipinski definition) is 3. The predicted molar refractivity (Wildman–Crippen MR) is 185 cm³/mol. The molecule has 0 aromatic heterocycles. The van der Waals surface area contributed by atoms with Crippen molar-refractivity contribution in [2.24, 2.45) is 0 Å². The van der Waals surface area contributed by atoms with Crippen molar-refractivity contribution in [1.29, 1.82) is 0 Å². The van der Waals surface area contributed by atoms with Crippen molar-refractivity contribution in [3.05, 3.63) is 124 Å². The summed E-state index contributed by atoms with van der Waals surface area (Å²) in [6, 6.07) is 31.3. The number of rotatable bonds is 5. The van der Waals surface area contributed by atoms with Crippen molar-refractivity contribution in [2.45, 2.75) is 93.8 Å². The topological polar surface area (TPSA) is 29.1 Å². The number of amides is 1. The van der Waals surface area contributed by atoms with Gasteiger partial charge in [0.15, 0.2) is 0 Å². The molecule has 0 aliphatic rings. The minimum atomic E-state index is -1.13. The molecule has 0 heterocycles. The van der Waals surface area contributed by atoms with Crippen LogP contribution in [0.15, 0.2) is 101 Å². The van der Waals surface area contributed by atoms with Crippen LogP contribution < -0.4 is 5.32 Å². The monoisotopic (exact) mass is 595 g/mol. The average molecular weight is 596 g/mol. The lowest BCUT2D eigenvalue weighted by atomic mass is 9.67. The Morgan fingerprint density at radius 3 is 1.12 bits per heavy atom. The molecular formula is C38H45NOS2. The SMILES string of the molecule is CC(C)(C)c1ccc(C(C(=O)Nc2cccc(S)c2S)(c2ccc(C(C)(C)C)cc2)c2ccc(C(C)(C)C)cc2)cc1. The lowest BCUT2D eigenvalue weighted by Gasteiger charge is -2.36. The highest BCUT2D eigenvalue weighted by atomic mass is 32.1. The van der Waals surface area contributed by atoms with E-state index in [1.807, 2.05) is 18.2 Å². The second-order valence-corrected chi connectivity index (χ2v) is 15.3. The van der Waals surface area contributed by atoms with Crippen molar-refractivity contribution in [3.8, 4) is 0 Å². The first-order chi connectivity index (χ1) is 19.5. The first-order valence-corrected chi connectivity index (χ1v) is 15.5. The maximum Gasteiger partial charge on any atom is 0.244 e. The standard InChI is InChI=1S/C38H45NOS2/c1-35(2,3)25-13-19-28(20-14-25)38(29-21-15-26(16-22-29)36(4,5)6,30-23-17-27(18-24-30)37(7,8)9)34(40)39-31-11-10-12-32(41)33(31)42/h10-24,41-42H,1-9H3,(H,39,40). The van der Waals surface area contributed by atoms with Gasteiger partial charge in [-0.25, -0.2) is 0 Å². The Morgan fingerprint density at radius 1 is 0.500 bits per heavy atom. The molecule has 0 spiro atoms. The molecule has 0 saturated heterocycles. The molecule has 2 nitrogen and oxygen atoms in total. The van der Waals surface area contributed by atoms with E-state index in [0.29, 0.717) is 15.5 Å². The van der Waals surface area contributed by atoms with Gasteiger partial charge in [0.05, 0.1) is 5.69 Å². The Balaban J connectivity index is 2.04. The van der Waals surface area contributed by atoms with Crippen LogP contribution in [-0.4, -0.2) is 5.91 Å². The van der Waals surface area contributed by atoms with Gasteiger partial charge in [0.2, 0.25) is 5.91 Å². The predicted octanol–water partition coefficient (Wildman–Crippen LogP) is 10.1. The minimum absolute atomic E-state index is 0.0138. The molecule has 4 aromatic rings. The Bertz CT molecular complexity index is 1410. The molecule has 0 aliphatic heterocycles. The second-order valence-electron chi connectivity index (χ2n) is 14.4. The first-order valence-electron chi connectivity index (χ1n) is 14.6. The van der Waals surface area contributed by atoms with Gasteiger partial charge in [-0.3, -0.25) is 4.79 Å². The van der Waals surface area contributed by atoms with E-state index in [0.717, 1.165) is 16.7 Å². The van der Waals surface area contributed by atoms with Gasteiger partial charge < -0.3 is 5.32 Å². The van der Waals surface area contributed by atoms with E-state index in [2.05, 4.69) is 166 Å². The van der Waals surface area contributed by atoms with E-state index >= 15 is 0 Å². The summed E-state index contributed by atoms with van der Waals surface area (Å²) in [4.78, 5) is 16.3. The van der Waals surface area contributed by atoms with Crippen molar-refractivity contribution in [3.63, 3.8) is 0 Å². The molecule has 1 amide bonds. The molecule has 4 heteroatoms. The van der Waals surface area contributed by atoms with Gasteiger partial charge >= 0.3 is 0 Å². The molecule has 1 N–H and O–H groups in total. The van der Waals surface area contributed by atoms with Crippen LogP contribution in [0.1, 0.15) is 95.7 Å². The van der Waals surface area contributed by atoms with Crippen LogP contribution in [-0.2, 0) is 26.5 Å². The summed E-state index contributed by atoms with van der Waals surface area (Å²) in [6.07, 6.45) is 0. The molecule has 0 unspecified atom stereocenters. The number of nitrogens with one attached hydrogen (secondary N) is 1. The fourth-order valence-electron chi connectivity index (χ4n) is 5.40. The zero-order valence-corrected chi connectivity index (χ0v) is 28.3. The minimum Gasteiger partial charge on any atom is -0.324 e. The zero-order chi connectivity index (χ0) is 31.1. The van der Waals surface area contributed by atoms with Crippen LogP contribution in [0.4, 0.5) is 5.69 Å². The Kier molecular flexibility index (Phi) is 8.84. The zero-order valence-electron chi connectivity index (χ0n) is 26.5. The summed E-state index contributed by atoms with van der Waals surface area (Å²) >= 11 is 9.25. The van der Waals surface area contributed by atoms with Gasteiger partial charge in [-0.2, -0.15) is 0 Å². The van der Waals surface area contributed by atoms with E-state index < -0.39 is 5.41 Å². The van der Waals surface area contributed by atoms with Crippen molar-refractivity contribution < 1.29 is 4.79 Å². The molecular weight excluding hydrogens is 551 g/mol. The molecule has 0 bridgehead atoms. The summed E-state index contributed by atoms with van der Waals surface area (Å²) in [5, 5.41) is 3.26. The van der Waals surface area contributed by atoms with Crippen LogP contribution >= 0.6 is 25.3 Å². The average Bonchev–Trinajstić information content (AvgIpc) is 2.91. The van der Waals surface area contributed by atoms with Gasteiger partial charge in [0.1, 0.15) is 5.41 Å². The third-order valence-corrected chi connectivity index (χ3v) is 9.19. The van der Waals surface area contributed by atoms with Gasteiger partial charge in [-0.15, -0.1) is 25.3 Å². The molecule has 0 atom stereocenters. The molecule has 0 fully saturated rings. The molecule has 42 heavy (non-hydrogen) atoms. The number of carbonyl (C=O) groups is 1. The second kappa shape index (κ2) is 11.6. The van der Waals surface area contributed by atoms with Gasteiger partial charge in [-0.1, -0.05) is 141 Å². The van der Waals surface area contributed by atoms with Gasteiger partial charge in [-0.05, 0) is 61.8 Å². The van der Waals surface area contributed by atoms with Crippen molar-refractivity contribution >= 4 is 36.9 Å². The summed E-state index contributed by atoms with van der Waals surface area (Å²) in [7, 11) is 0. The Labute approximate surface area is 264 Å². The maximum absolute atomic E-state index is 15.0. The normalized spacial score (nSPS) is 12.7. The highest BCUT2D eigenvalue weighted by molar-refractivity contribution is 7.83. The number of carbonyl (C=O) groups excluding carboxylic acids is 1. The summed E-state index contributed by atoms with van der Waals surface area (Å²) < 4.78 is 0. The van der Waals surface area contributed by atoms with E-state index in [4.69, 9.17) is 0 Å². The molecule has 0 saturated carbocycles. The molecule has 0 radical (unpaired) electrons. The molecule has 4 rings (SSSR count). The van der Waals surface area contributed by atoms with Crippen LogP contribution in [0.25, 0.3) is 0 Å². The fraction of sp³-hybridized carbons (Fsp3) is 0.342. The van der Waals surface area contributed by atoms with E-state index in [1.54, 1.807) is 0 Å². The third-order valence-electron chi connectivity index (χ3n) is 8.16. The maximum atomic E-state index is 15.0.